The second-order valence-electron chi connectivity index (χ2n) is 3.91. The Morgan fingerprint density at radius 2 is 2.47 bits per heavy atom. The number of carbonyl (C=O) groups is 1. The van der Waals surface area contributed by atoms with Crippen LogP contribution >= 0.6 is 11.3 Å². The van der Waals surface area contributed by atoms with Gasteiger partial charge < -0.3 is 0 Å². The van der Waals surface area contributed by atoms with Crippen LogP contribution in [-0.4, -0.2) is 21.3 Å². The maximum atomic E-state index is 10.9. The maximum Gasteiger partial charge on any atom is 0.172 e. The summed E-state index contributed by atoms with van der Waals surface area (Å²) in [5.74, 6) is 0. The summed E-state index contributed by atoms with van der Waals surface area (Å²) in [6, 6.07) is 4.03. The van der Waals surface area contributed by atoms with E-state index in [1.54, 1.807) is 16.0 Å². The van der Waals surface area contributed by atoms with Crippen LogP contribution in [0.15, 0.2) is 29.7 Å². The van der Waals surface area contributed by atoms with Gasteiger partial charge in [0.25, 0.3) is 0 Å². The minimum absolute atomic E-state index is 0.416. The van der Waals surface area contributed by atoms with Crippen LogP contribution in [-0.2, 0) is 13.0 Å². The van der Waals surface area contributed by atoms with Gasteiger partial charge in [0.15, 0.2) is 6.29 Å². The van der Waals surface area contributed by atoms with E-state index in [0.717, 1.165) is 17.6 Å². The highest BCUT2D eigenvalue weighted by Crippen LogP contribution is 2.16. The molecule has 2 rings (SSSR count). The molecular formula is C12H13N3OS. The predicted octanol–water partition coefficient (Wildman–Crippen LogP) is 2.32. The van der Waals surface area contributed by atoms with E-state index in [2.05, 4.69) is 16.9 Å². The van der Waals surface area contributed by atoms with Crippen molar-refractivity contribution < 1.29 is 4.79 Å². The lowest BCUT2D eigenvalue weighted by Gasteiger charge is -2.05. The highest BCUT2D eigenvalue weighted by atomic mass is 32.1. The smallest absolute Gasteiger partial charge is 0.172 e. The first-order valence-electron chi connectivity index (χ1n) is 5.25. The molecule has 0 bridgehead atoms. The number of aromatic nitrogens is 3. The Morgan fingerprint density at radius 3 is 3.06 bits per heavy atom. The topological polar surface area (TPSA) is 47.8 Å². The van der Waals surface area contributed by atoms with Crippen molar-refractivity contribution in [1.29, 1.82) is 0 Å². The number of hydrogen-bond donors (Lipinski definition) is 0. The molecule has 0 aromatic carbocycles. The van der Waals surface area contributed by atoms with Crippen LogP contribution in [0.25, 0.3) is 0 Å². The Bertz CT molecular complexity index is 528. The summed E-state index contributed by atoms with van der Waals surface area (Å²) in [6.07, 6.45) is 1.44. The second-order valence-corrected chi connectivity index (χ2v) is 4.94. The van der Waals surface area contributed by atoms with Crippen molar-refractivity contribution in [3.63, 3.8) is 0 Å². The maximum absolute atomic E-state index is 10.9. The zero-order valence-corrected chi connectivity index (χ0v) is 10.4. The third-order valence-corrected chi connectivity index (χ3v) is 3.20. The summed E-state index contributed by atoms with van der Waals surface area (Å²) < 4.78 is 1.74. The van der Waals surface area contributed by atoms with Crippen LogP contribution in [0.1, 0.15) is 28.0 Å². The number of allylic oxidation sites excluding steroid dienone is 1. The van der Waals surface area contributed by atoms with Crippen LogP contribution in [0.2, 0.25) is 0 Å². The molecule has 2 aromatic rings. The van der Waals surface area contributed by atoms with E-state index in [1.807, 2.05) is 24.4 Å². The van der Waals surface area contributed by atoms with E-state index in [-0.39, 0.29) is 0 Å². The van der Waals surface area contributed by atoms with Gasteiger partial charge in [0.2, 0.25) is 0 Å². The molecule has 0 atom stereocenters. The van der Waals surface area contributed by atoms with Crippen molar-refractivity contribution in [2.45, 2.75) is 19.9 Å². The van der Waals surface area contributed by atoms with Gasteiger partial charge in [-0.2, -0.15) is 0 Å². The van der Waals surface area contributed by atoms with Crippen molar-refractivity contribution >= 4 is 17.6 Å². The van der Waals surface area contributed by atoms with Crippen LogP contribution in [0, 0.1) is 0 Å². The van der Waals surface area contributed by atoms with E-state index in [0.29, 0.717) is 18.7 Å². The number of aldehydes is 1. The summed E-state index contributed by atoms with van der Waals surface area (Å²) >= 11 is 1.66. The fourth-order valence-electron chi connectivity index (χ4n) is 1.58. The van der Waals surface area contributed by atoms with Gasteiger partial charge in [-0.3, -0.25) is 4.79 Å². The monoisotopic (exact) mass is 247 g/mol. The van der Waals surface area contributed by atoms with E-state index in [4.69, 9.17) is 0 Å². The Balaban J connectivity index is 2.31. The molecule has 88 valence electrons. The van der Waals surface area contributed by atoms with Gasteiger partial charge in [-0.25, -0.2) is 4.68 Å². The zero-order chi connectivity index (χ0) is 12.3. The molecule has 4 nitrogen and oxygen atoms in total. The van der Waals surface area contributed by atoms with Crippen LogP contribution in [0.4, 0.5) is 0 Å². The summed E-state index contributed by atoms with van der Waals surface area (Å²) in [6.45, 7) is 6.38. The highest BCUT2D eigenvalue weighted by Gasteiger charge is 2.13. The number of thiophene rings is 1. The number of rotatable bonds is 5. The lowest BCUT2D eigenvalue weighted by molar-refractivity contribution is 0.111. The van der Waals surface area contributed by atoms with Gasteiger partial charge in [0, 0.05) is 11.3 Å². The molecule has 0 aliphatic heterocycles. The quantitative estimate of drug-likeness (QED) is 0.601. The second kappa shape index (κ2) is 5.05. The van der Waals surface area contributed by atoms with Crippen molar-refractivity contribution in [2.75, 3.05) is 0 Å². The predicted molar refractivity (Wildman–Crippen MR) is 67.3 cm³/mol. The SMILES string of the molecule is C=C(C)Cn1nnc(C=O)c1Cc1cccs1. The molecule has 0 aliphatic rings. The van der Waals surface area contributed by atoms with E-state index in [1.165, 1.54) is 4.88 Å². The molecule has 0 unspecified atom stereocenters. The van der Waals surface area contributed by atoms with Gasteiger partial charge in [0.05, 0.1) is 12.2 Å². The Hall–Kier alpha value is -1.75. The molecule has 2 aromatic heterocycles. The van der Waals surface area contributed by atoms with Crippen LogP contribution in [0.5, 0.6) is 0 Å². The fourth-order valence-corrected chi connectivity index (χ4v) is 2.29. The molecule has 17 heavy (non-hydrogen) atoms. The molecule has 0 aliphatic carbocycles. The molecule has 0 amide bonds. The normalized spacial score (nSPS) is 10.4. The third kappa shape index (κ3) is 2.68. The van der Waals surface area contributed by atoms with E-state index < -0.39 is 0 Å². The molecular weight excluding hydrogens is 234 g/mol. The van der Waals surface area contributed by atoms with E-state index in [9.17, 15) is 4.79 Å². The van der Waals surface area contributed by atoms with Gasteiger partial charge in [-0.05, 0) is 18.4 Å². The Kier molecular flexibility index (Phi) is 3.49. The number of carbonyl (C=O) groups excluding carboxylic acids is 1. The Morgan fingerprint density at radius 1 is 1.65 bits per heavy atom. The highest BCUT2D eigenvalue weighted by molar-refractivity contribution is 7.09. The summed E-state index contributed by atoms with van der Waals surface area (Å²) in [7, 11) is 0. The molecule has 0 spiro atoms. The van der Waals surface area contributed by atoms with Gasteiger partial charge in [-0.1, -0.05) is 23.4 Å². The van der Waals surface area contributed by atoms with Crippen molar-refractivity contribution in [3.8, 4) is 0 Å². The van der Waals surface area contributed by atoms with E-state index >= 15 is 0 Å². The summed E-state index contributed by atoms with van der Waals surface area (Å²) in [4.78, 5) is 12.1. The average molecular weight is 247 g/mol. The number of hydrogen-bond acceptors (Lipinski definition) is 4. The number of nitrogens with zero attached hydrogens (tertiary/aromatic N) is 3. The standard InChI is InChI=1S/C12H13N3OS/c1-9(2)7-15-12(11(8-16)13-14-15)6-10-4-3-5-17-10/h3-5,8H,1,6-7H2,2H3. The molecule has 0 fully saturated rings. The minimum atomic E-state index is 0.416. The first-order chi connectivity index (χ1) is 8.20. The van der Waals surface area contributed by atoms with Crippen LogP contribution < -0.4 is 0 Å². The molecule has 0 saturated carbocycles. The summed E-state index contributed by atoms with van der Waals surface area (Å²) in [5.41, 5.74) is 2.25. The zero-order valence-electron chi connectivity index (χ0n) is 9.59. The van der Waals surface area contributed by atoms with Gasteiger partial charge in [-0.15, -0.1) is 16.4 Å². The van der Waals surface area contributed by atoms with Crippen LogP contribution in [0.3, 0.4) is 0 Å². The first-order valence-corrected chi connectivity index (χ1v) is 6.13. The lowest BCUT2D eigenvalue weighted by atomic mass is 10.2. The Labute approximate surface area is 104 Å². The molecule has 0 radical (unpaired) electrons. The lowest BCUT2D eigenvalue weighted by Crippen LogP contribution is -2.07. The van der Waals surface area contributed by atoms with Crippen molar-refractivity contribution in [3.05, 3.63) is 45.9 Å². The van der Waals surface area contributed by atoms with Crippen molar-refractivity contribution in [1.82, 2.24) is 15.0 Å². The largest absolute Gasteiger partial charge is 0.296 e. The summed E-state index contributed by atoms with van der Waals surface area (Å²) in [5, 5.41) is 9.88. The minimum Gasteiger partial charge on any atom is -0.296 e. The molecule has 5 heteroatoms. The third-order valence-electron chi connectivity index (χ3n) is 2.32. The fraction of sp³-hybridized carbons (Fsp3) is 0.250. The van der Waals surface area contributed by atoms with Gasteiger partial charge in [0.1, 0.15) is 5.69 Å². The first kappa shape index (κ1) is 11.7. The molecule has 0 saturated heterocycles. The molecule has 0 N–H and O–H groups in total. The van der Waals surface area contributed by atoms with Gasteiger partial charge >= 0.3 is 0 Å². The molecule has 2 heterocycles. The van der Waals surface area contributed by atoms with Crippen molar-refractivity contribution in [2.24, 2.45) is 0 Å². The average Bonchev–Trinajstić information content (AvgIpc) is 2.90.